The summed E-state index contributed by atoms with van der Waals surface area (Å²) in [5.41, 5.74) is -1.08. The van der Waals surface area contributed by atoms with Gasteiger partial charge in [-0.05, 0) is 24.0 Å². The molecule has 1 saturated heterocycles. The number of aromatic nitrogens is 2. The Kier molecular flexibility index (Phi) is 3.64. The van der Waals surface area contributed by atoms with E-state index in [0.29, 0.717) is 18.9 Å². The van der Waals surface area contributed by atoms with Gasteiger partial charge in [0.2, 0.25) is 0 Å². The molecule has 1 atom stereocenters. The molecule has 0 N–H and O–H groups in total. The van der Waals surface area contributed by atoms with Crippen molar-refractivity contribution in [3.63, 3.8) is 0 Å². The molecule has 1 unspecified atom stereocenters. The lowest BCUT2D eigenvalue weighted by molar-refractivity contribution is -0.141. The monoisotopic (exact) mass is 293 g/mol. The molecule has 1 aliphatic heterocycles. The smallest absolute Gasteiger partial charge is 0.354 e. The van der Waals surface area contributed by atoms with Crippen LogP contribution in [0, 0.1) is 5.41 Å². The van der Waals surface area contributed by atoms with Gasteiger partial charge in [-0.25, -0.2) is 0 Å². The molecule has 2 rings (SSSR count). The van der Waals surface area contributed by atoms with Crippen LogP contribution in [0.4, 0.5) is 19.0 Å². The molecule has 0 radical (unpaired) electrons. The van der Waals surface area contributed by atoms with E-state index in [2.05, 4.69) is 10.2 Å². The Morgan fingerprint density at radius 2 is 2.00 bits per heavy atom. The summed E-state index contributed by atoms with van der Waals surface area (Å²) < 4.78 is 37.2. The maximum atomic E-state index is 12.4. The van der Waals surface area contributed by atoms with Crippen LogP contribution >= 0.6 is 11.6 Å². The van der Waals surface area contributed by atoms with Gasteiger partial charge in [0.25, 0.3) is 0 Å². The van der Waals surface area contributed by atoms with Crippen molar-refractivity contribution < 1.29 is 13.2 Å². The van der Waals surface area contributed by atoms with Crippen LogP contribution in [0.3, 0.4) is 0 Å². The third kappa shape index (κ3) is 3.11. The van der Waals surface area contributed by atoms with Gasteiger partial charge in [0.15, 0.2) is 11.5 Å². The van der Waals surface area contributed by atoms with Gasteiger partial charge in [0, 0.05) is 18.5 Å². The predicted octanol–water partition coefficient (Wildman–Crippen LogP) is 3.34. The molecule has 3 nitrogen and oxygen atoms in total. The molecule has 0 spiro atoms. The zero-order valence-corrected chi connectivity index (χ0v) is 11.5. The highest BCUT2D eigenvalue weighted by atomic mass is 35.5. The van der Waals surface area contributed by atoms with E-state index in [0.717, 1.165) is 12.5 Å². The van der Waals surface area contributed by atoms with Crippen molar-refractivity contribution in [1.29, 1.82) is 0 Å². The number of halogens is 4. The molecule has 2 heterocycles. The molecule has 0 aliphatic carbocycles. The first-order valence-electron chi connectivity index (χ1n) is 6.00. The van der Waals surface area contributed by atoms with Crippen LogP contribution in [0.15, 0.2) is 12.1 Å². The van der Waals surface area contributed by atoms with Crippen molar-refractivity contribution in [1.82, 2.24) is 10.2 Å². The first-order chi connectivity index (χ1) is 8.70. The Morgan fingerprint density at radius 1 is 1.32 bits per heavy atom. The Bertz CT molecular complexity index is 445. The lowest BCUT2D eigenvalue weighted by Crippen LogP contribution is -2.47. The molecule has 1 fully saturated rings. The van der Waals surface area contributed by atoms with E-state index in [1.807, 2.05) is 18.7 Å². The van der Waals surface area contributed by atoms with Gasteiger partial charge >= 0.3 is 6.18 Å². The molecular weight excluding hydrogens is 279 g/mol. The molecule has 0 amide bonds. The molecule has 1 aromatic heterocycles. The molecule has 0 aromatic carbocycles. The van der Waals surface area contributed by atoms with Crippen LogP contribution in [0.5, 0.6) is 0 Å². The van der Waals surface area contributed by atoms with Crippen molar-refractivity contribution in [3.05, 3.63) is 17.8 Å². The summed E-state index contributed by atoms with van der Waals surface area (Å²) >= 11 is 6.23. The van der Waals surface area contributed by atoms with Crippen LogP contribution in [-0.4, -0.2) is 28.7 Å². The Hall–Kier alpha value is -1.04. The number of rotatable bonds is 1. The van der Waals surface area contributed by atoms with Crippen LogP contribution in [0.25, 0.3) is 0 Å². The minimum absolute atomic E-state index is 0.0613. The molecule has 1 aromatic rings. The standard InChI is InChI=1S/C12H15ClF3N3/c1-11(2)7-19(6-5-8(11)13)10-4-3-9(17-18-10)12(14,15)16/h3-4,8H,5-7H2,1-2H3. The highest BCUT2D eigenvalue weighted by Crippen LogP contribution is 2.35. The third-order valence-electron chi connectivity index (χ3n) is 3.36. The summed E-state index contributed by atoms with van der Waals surface area (Å²) in [5, 5.41) is 6.98. The van der Waals surface area contributed by atoms with Gasteiger partial charge in [-0.3, -0.25) is 0 Å². The van der Waals surface area contributed by atoms with Gasteiger partial charge in [0.1, 0.15) is 0 Å². The second kappa shape index (κ2) is 4.81. The molecule has 19 heavy (non-hydrogen) atoms. The second-order valence-electron chi connectivity index (χ2n) is 5.44. The molecule has 7 heteroatoms. The summed E-state index contributed by atoms with van der Waals surface area (Å²) in [5.74, 6) is 0.463. The topological polar surface area (TPSA) is 29.0 Å². The predicted molar refractivity (Wildman–Crippen MR) is 67.3 cm³/mol. The summed E-state index contributed by atoms with van der Waals surface area (Å²) in [4.78, 5) is 1.92. The number of hydrogen-bond donors (Lipinski definition) is 0. The van der Waals surface area contributed by atoms with Gasteiger partial charge in [-0.1, -0.05) is 13.8 Å². The first-order valence-corrected chi connectivity index (χ1v) is 6.44. The minimum atomic E-state index is -4.45. The lowest BCUT2D eigenvalue weighted by Gasteiger charge is -2.41. The fourth-order valence-electron chi connectivity index (χ4n) is 2.17. The van der Waals surface area contributed by atoms with E-state index in [1.165, 1.54) is 6.07 Å². The molecule has 106 valence electrons. The van der Waals surface area contributed by atoms with E-state index in [-0.39, 0.29) is 10.8 Å². The van der Waals surface area contributed by atoms with Crippen molar-refractivity contribution in [3.8, 4) is 0 Å². The highest BCUT2D eigenvalue weighted by molar-refractivity contribution is 6.21. The summed E-state index contributed by atoms with van der Waals surface area (Å²) in [6.07, 6.45) is -3.68. The van der Waals surface area contributed by atoms with Crippen LogP contribution in [0.2, 0.25) is 0 Å². The fourth-order valence-corrected chi connectivity index (χ4v) is 2.34. The SMILES string of the molecule is CC1(C)CN(c2ccc(C(F)(F)F)nn2)CCC1Cl. The summed E-state index contributed by atoms with van der Waals surface area (Å²) in [6, 6.07) is 2.32. The van der Waals surface area contributed by atoms with E-state index < -0.39 is 11.9 Å². The lowest BCUT2D eigenvalue weighted by atomic mass is 9.83. The van der Waals surface area contributed by atoms with Crippen LogP contribution < -0.4 is 4.90 Å². The van der Waals surface area contributed by atoms with E-state index in [1.54, 1.807) is 0 Å². The molecule has 1 aliphatic rings. The van der Waals surface area contributed by atoms with Gasteiger partial charge in [0.05, 0.1) is 0 Å². The highest BCUT2D eigenvalue weighted by Gasteiger charge is 2.36. The van der Waals surface area contributed by atoms with E-state index in [9.17, 15) is 13.2 Å². The van der Waals surface area contributed by atoms with Crippen molar-refractivity contribution in [2.24, 2.45) is 5.41 Å². The van der Waals surface area contributed by atoms with Crippen molar-refractivity contribution >= 4 is 17.4 Å². The Labute approximate surface area is 114 Å². The Balaban J connectivity index is 2.15. The number of alkyl halides is 4. The van der Waals surface area contributed by atoms with Crippen molar-refractivity contribution in [2.45, 2.75) is 31.8 Å². The summed E-state index contributed by atoms with van der Waals surface area (Å²) in [7, 11) is 0. The molecule has 0 saturated carbocycles. The third-order valence-corrected chi connectivity index (χ3v) is 4.17. The van der Waals surface area contributed by atoms with Gasteiger partial charge < -0.3 is 4.90 Å². The minimum Gasteiger partial charge on any atom is -0.354 e. The zero-order chi connectivity index (χ0) is 14.3. The fraction of sp³-hybridized carbons (Fsp3) is 0.667. The van der Waals surface area contributed by atoms with Crippen LogP contribution in [0.1, 0.15) is 26.0 Å². The normalized spacial score (nSPS) is 23.5. The Morgan fingerprint density at radius 3 is 2.47 bits per heavy atom. The van der Waals surface area contributed by atoms with E-state index in [4.69, 9.17) is 11.6 Å². The maximum absolute atomic E-state index is 12.4. The molecular formula is C12H15ClF3N3. The average Bonchev–Trinajstić information content (AvgIpc) is 2.32. The maximum Gasteiger partial charge on any atom is 0.435 e. The van der Waals surface area contributed by atoms with Gasteiger partial charge in [-0.15, -0.1) is 21.8 Å². The largest absolute Gasteiger partial charge is 0.435 e. The quantitative estimate of drug-likeness (QED) is 0.744. The average molecular weight is 294 g/mol. The number of nitrogens with zero attached hydrogens (tertiary/aromatic N) is 3. The zero-order valence-electron chi connectivity index (χ0n) is 10.7. The summed E-state index contributed by atoms with van der Waals surface area (Å²) in [6.45, 7) is 5.40. The number of piperidine rings is 1. The first kappa shape index (κ1) is 14.4. The van der Waals surface area contributed by atoms with Crippen LogP contribution in [-0.2, 0) is 6.18 Å². The van der Waals surface area contributed by atoms with E-state index >= 15 is 0 Å². The number of hydrogen-bond acceptors (Lipinski definition) is 3. The molecule has 0 bridgehead atoms. The van der Waals surface area contributed by atoms with Gasteiger partial charge in [-0.2, -0.15) is 13.2 Å². The van der Waals surface area contributed by atoms with Crippen molar-refractivity contribution in [2.75, 3.05) is 18.0 Å². The number of anilines is 1. The second-order valence-corrected chi connectivity index (χ2v) is 5.97.